The number of ether oxygens (including phenoxy) is 1. The van der Waals surface area contributed by atoms with Gasteiger partial charge >= 0.3 is 0 Å². The molecule has 46 heavy (non-hydrogen) atoms. The number of benzene rings is 4. The molecule has 0 aliphatic carbocycles. The molecule has 0 unspecified atom stereocenters. The molecule has 0 saturated carbocycles. The van der Waals surface area contributed by atoms with E-state index in [0.29, 0.717) is 6.42 Å². The van der Waals surface area contributed by atoms with Gasteiger partial charge in [0.1, 0.15) is 6.10 Å². The molecular weight excluding hydrogens is 594 g/mol. The highest BCUT2D eigenvalue weighted by Crippen LogP contribution is 2.30. The van der Waals surface area contributed by atoms with Gasteiger partial charge in [0, 0.05) is 25.1 Å². The van der Waals surface area contributed by atoms with Gasteiger partial charge in [-0.2, -0.15) is 8.42 Å². The van der Waals surface area contributed by atoms with Crippen LogP contribution in [0, 0.1) is 6.92 Å². The van der Waals surface area contributed by atoms with E-state index in [-0.39, 0.29) is 28.3 Å². The number of nitrogens with zero attached hydrogens (tertiary/aromatic N) is 1. The number of carbonyl (C=O) groups excluding carboxylic acids is 1. The summed E-state index contributed by atoms with van der Waals surface area (Å²) in [7, 11) is -4.02. The molecule has 1 saturated heterocycles. The molecule has 0 atom stereocenters. The average molecular weight is 642 g/mol. The molecule has 4 aromatic rings. The number of ketones is 1. The summed E-state index contributed by atoms with van der Waals surface area (Å²) in [6.07, 6.45) is 3.78. The third kappa shape index (κ3) is 10.7. The van der Waals surface area contributed by atoms with Crippen LogP contribution in [0.2, 0.25) is 0 Å². The van der Waals surface area contributed by atoms with Crippen LogP contribution < -0.4 is 0 Å². The largest absolute Gasteiger partial charge is 0.365 e. The molecule has 4 aromatic carbocycles. The summed E-state index contributed by atoms with van der Waals surface area (Å²) < 4.78 is 36.2. The second kappa shape index (κ2) is 16.3. The maximum absolute atomic E-state index is 12.7. The Morgan fingerprint density at radius 3 is 1.83 bits per heavy atom. The van der Waals surface area contributed by atoms with Crippen molar-refractivity contribution in [1.29, 1.82) is 0 Å². The average Bonchev–Trinajstić information content (AvgIpc) is 3.05. The Kier molecular flexibility index (Phi) is 12.5. The Labute approximate surface area is 275 Å². The lowest BCUT2D eigenvalue weighted by atomic mass is 9.86. The quantitative estimate of drug-likeness (QED) is 0.138. The maximum Gasteiger partial charge on any atom is 0.294 e. The van der Waals surface area contributed by atoms with Gasteiger partial charge in [-0.1, -0.05) is 123 Å². The molecule has 0 bridgehead atoms. The first-order chi connectivity index (χ1) is 21.9. The first kappa shape index (κ1) is 35.2. The van der Waals surface area contributed by atoms with E-state index < -0.39 is 10.1 Å². The van der Waals surface area contributed by atoms with Crippen molar-refractivity contribution in [2.24, 2.45) is 0 Å². The Morgan fingerprint density at radius 2 is 1.35 bits per heavy atom. The van der Waals surface area contributed by atoms with E-state index in [2.05, 4.69) is 98.5 Å². The zero-order valence-corrected chi connectivity index (χ0v) is 28.2. The van der Waals surface area contributed by atoms with Crippen LogP contribution in [0.3, 0.4) is 0 Å². The smallest absolute Gasteiger partial charge is 0.294 e. The van der Waals surface area contributed by atoms with Crippen LogP contribution in [-0.2, 0) is 20.3 Å². The molecule has 0 radical (unpaired) electrons. The molecule has 5 rings (SSSR count). The van der Waals surface area contributed by atoms with E-state index in [1.54, 1.807) is 12.1 Å². The lowest BCUT2D eigenvalue weighted by Gasteiger charge is -2.34. The van der Waals surface area contributed by atoms with Gasteiger partial charge in [-0.05, 0) is 67.0 Å². The summed E-state index contributed by atoms with van der Waals surface area (Å²) in [6, 6.07) is 35.2. The van der Waals surface area contributed by atoms with Crippen molar-refractivity contribution in [3.05, 3.63) is 137 Å². The predicted octanol–water partition coefficient (Wildman–Crippen LogP) is 8.46. The number of hydrogen-bond acceptors (Lipinski definition) is 5. The number of Topliss-reactive ketones (excluding diaryl/α,β-unsaturated/α-hetero) is 1. The summed E-state index contributed by atoms with van der Waals surface area (Å²) in [5.41, 5.74) is 5.57. The van der Waals surface area contributed by atoms with Crippen LogP contribution in [0.5, 0.6) is 0 Å². The Bertz CT molecular complexity index is 1570. The van der Waals surface area contributed by atoms with Crippen molar-refractivity contribution in [2.75, 3.05) is 19.6 Å². The van der Waals surface area contributed by atoms with Gasteiger partial charge in [0.15, 0.2) is 5.78 Å². The highest BCUT2D eigenvalue weighted by Gasteiger charge is 2.25. The molecule has 0 amide bonds. The van der Waals surface area contributed by atoms with E-state index in [1.807, 2.05) is 19.1 Å². The van der Waals surface area contributed by atoms with Crippen LogP contribution in [0.15, 0.2) is 114 Å². The Hall–Kier alpha value is -3.62. The first-order valence-corrected chi connectivity index (χ1v) is 17.5. The molecule has 1 heterocycles. The lowest BCUT2D eigenvalue weighted by molar-refractivity contribution is -0.0270. The van der Waals surface area contributed by atoms with Crippen molar-refractivity contribution in [3.63, 3.8) is 0 Å². The number of likely N-dealkylation sites (tertiary alicyclic amines) is 1. The number of hydrogen-bond donors (Lipinski definition) is 1. The number of piperidine rings is 1. The van der Waals surface area contributed by atoms with Crippen molar-refractivity contribution in [2.45, 2.75) is 75.9 Å². The standard InChI is InChI=1S/C32H39NO2.C7H8O3S/c1-32(2,3)28-18-16-25(17-19-28)30(34)15-10-22-33-23-20-29(21-24-33)35-31(26-11-6-4-7-12-26)27-13-8-5-9-14-27;1-6-2-4-7(5-3-6)11(8,9)10/h4-9,11-14,16-19,29,31H,10,15,20-24H2,1-3H3;2-5H,1H3,(H,8,9,10). The summed E-state index contributed by atoms with van der Waals surface area (Å²) >= 11 is 0. The number of aryl methyl sites for hydroxylation is 1. The summed E-state index contributed by atoms with van der Waals surface area (Å²) in [5.74, 6) is 0.247. The molecule has 1 aliphatic rings. The summed E-state index contributed by atoms with van der Waals surface area (Å²) in [6.45, 7) is 11.4. The van der Waals surface area contributed by atoms with Gasteiger partial charge in [0.05, 0.1) is 11.0 Å². The SMILES string of the molecule is CC(C)(C)c1ccc(C(=O)CCCN2CCC(OC(c3ccccc3)c3ccccc3)CC2)cc1.Cc1ccc(S(=O)(=O)O)cc1. The second-order valence-electron chi connectivity index (χ2n) is 13.0. The Morgan fingerprint density at radius 1 is 0.826 bits per heavy atom. The molecule has 0 aromatic heterocycles. The van der Waals surface area contributed by atoms with Crippen molar-refractivity contribution < 1.29 is 22.5 Å². The fourth-order valence-electron chi connectivity index (χ4n) is 5.54. The summed E-state index contributed by atoms with van der Waals surface area (Å²) in [5, 5.41) is 0. The van der Waals surface area contributed by atoms with Crippen LogP contribution in [0.1, 0.15) is 85.2 Å². The minimum Gasteiger partial charge on any atom is -0.365 e. The van der Waals surface area contributed by atoms with Crippen molar-refractivity contribution in [1.82, 2.24) is 4.90 Å². The van der Waals surface area contributed by atoms with Gasteiger partial charge in [-0.15, -0.1) is 0 Å². The van der Waals surface area contributed by atoms with Gasteiger partial charge < -0.3 is 9.64 Å². The van der Waals surface area contributed by atoms with Crippen molar-refractivity contribution in [3.8, 4) is 0 Å². The van der Waals surface area contributed by atoms with Crippen LogP contribution >= 0.6 is 0 Å². The van der Waals surface area contributed by atoms with Crippen LogP contribution in [0.4, 0.5) is 0 Å². The molecule has 6 nitrogen and oxygen atoms in total. The normalized spacial score (nSPS) is 14.5. The second-order valence-corrected chi connectivity index (χ2v) is 14.4. The predicted molar refractivity (Wildman–Crippen MR) is 185 cm³/mol. The lowest BCUT2D eigenvalue weighted by Crippen LogP contribution is -2.38. The molecule has 1 N–H and O–H groups in total. The van der Waals surface area contributed by atoms with E-state index in [1.165, 1.54) is 28.8 Å². The fourth-order valence-corrected chi connectivity index (χ4v) is 6.02. The van der Waals surface area contributed by atoms with Gasteiger partial charge in [-0.25, -0.2) is 0 Å². The maximum atomic E-state index is 12.7. The molecule has 7 heteroatoms. The zero-order chi connectivity index (χ0) is 33.2. The summed E-state index contributed by atoms with van der Waals surface area (Å²) in [4.78, 5) is 15.1. The number of carbonyl (C=O) groups is 1. The van der Waals surface area contributed by atoms with Gasteiger partial charge in [-0.3, -0.25) is 9.35 Å². The highest BCUT2D eigenvalue weighted by atomic mass is 32.2. The van der Waals surface area contributed by atoms with E-state index in [0.717, 1.165) is 50.0 Å². The molecule has 1 fully saturated rings. The minimum absolute atomic E-state index is 0.0313. The topological polar surface area (TPSA) is 83.9 Å². The molecule has 1 aliphatic heterocycles. The van der Waals surface area contributed by atoms with Crippen molar-refractivity contribution >= 4 is 15.9 Å². The third-order valence-corrected chi connectivity index (χ3v) is 9.21. The number of rotatable bonds is 10. The van der Waals surface area contributed by atoms with Crippen LogP contribution in [-0.4, -0.2) is 49.4 Å². The van der Waals surface area contributed by atoms with Gasteiger partial charge in [0.2, 0.25) is 0 Å². The van der Waals surface area contributed by atoms with E-state index in [4.69, 9.17) is 9.29 Å². The molecular formula is C39H47NO5S. The minimum atomic E-state index is -4.02. The van der Waals surface area contributed by atoms with Crippen LogP contribution in [0.25, 0.3) is 0 Å². The molecule has 0 spiro atoms. The third-order valence-electron chi connectivity index (χ3n) is 8.34. The molecule has 244 valence electrons. The Balaban J connectivity index is 0.000000369. The van der Waals surface area contributed by atoms with E-state index >= 15 is 0 Å². The monoisotopic (exact) mass is 641 g/mol. The zero-order valence-electron chi connectivity index (χ0n) is 27.4. The van der Waals surface area contributed by atoms with Gasteiger partial charge in [0.25, 0.3) is 10.1 Å². The highest BCUT2D eigenvalue weighted by molar-refractivity contribution is 7.85. The first-order valence-electron chi connectivity index (χ1n) is 16.1. The van der Waals surface area contributed by atoms with E-state index in [9.17, 15) is 13.2 Å². The fraction of sp³-hybridized carbons (Fsp3) is 0.359.